The van der Waals surface area contributed by atoms with Crippen LogP contribution < -0.4 is 9.47 Å². The van der Waals surface area contributed by atoms with Crippen LogP contribution >= 0.6 is 0 Å². The Hall–Kier alpha value is -2.95. The molecule has 2 aliphatic heterocycles. The first-order chi connectivity index (χ1) is 12.2. The van der Waals surface area contributed by atoms with E-state index < -0.39 is 12.1 Å². The van der Waals surface area contributed by atoms with Crippen LogP contribution in [0.25, 0.3) is 0 Å². The van der Waals surface area contributed by atoms with Gasteiger partial charge >= 0.3 is 5.97 Å². The Morgan fingerprint density at radius 3 is 2.60 bits per heavy atom. The van der Waals surface area contributed by atoms with Crippen molar-refractivity contribution in [1.82, 2.24) is 0 Å². The molecular formula is C20H18O5. The summed E-state index contributed by atoms with van der Waals surface area (Å²) in [5.41, 5.74) is 2.25. The SMILES string of the molecule is O=C1OC(c2ccccc2)CC(O)=C1CCc1ccc2c(c1)OCO2. The molecule has 0 spiro atoms. The second kappa shape index (κ2) is 6.51. The number of rotatable bonds is 4. The van der Waals surface area contributed by atoms with Gasteiger partial charge in [-0.3, -0.25) is 0 Å². The highest BCUT2D eigenvalue weighted by molar-refractivity contribution is 5.90. The van der Waals surface area contributed by atoms with Gasteiger partial charge in [0.1, 0.15) is 11.9 Å². The topological polar surface area (TPSA) is 65.0 Å². The Balaban J connectivity index is 1.46. The maximum absolute atomic E-state index is 12.3. The van der Waals surface area contributed by atoms with E-state index in [2.05, 4.69) is 0 Å². The molecule has 5 nitrogen and oxygen atoms in total. The minimum Gasteiger partial charge on any atom is -0.512 e. The summed E-state index contributed by atoms with van der Waals surface area (Å²) < 4.78 is 16.2. The number of benzene rings is 2. The zero-order chi connectivity index (χ0) is 17.2. The molecule has 2 aromatic rings. The number of hydrogen-bond donors (Lipinski definition) is 1. The number of carbonyl (C=O) groups excluding carboxylic acids is 1. The van der Waals surface area contributed by atoms with Crippen LogP contribution in [0.2, 0.25) is 0 Å². The summed E-state index contributed by atoms with van der Waals surface area (Å²) in [5.74, 6) is 1.11. The van der Waals surface area contributed by atoms with Crippen molar-refractivity contribution in [1.29, 1.82) is 0 Å². The van der Waals surface area contributed by atoms with Crippen molar-refractivity contribution in [2.45, 2.75) is 25.4 Å². The molecule has 1 unspecified atom stereocenters. The highest BCUT2D eigenvalue weighted by Crippen LogP contribution is 2.35. The van der Waals surface area contributed by atoms with Crippen LogP contribution in [0.4, 0.5) is 0 Å². The Bertz CT molecular complexity index is 825. The van der Waals surface area contributed by atoms with Gasteiger partial charge in [0.2, 0.25) is 6.79 Å². The quantitative estimate of drug-likeness (QED) is 0.858. The van der Waals surface area contributed by atoms with E-state index in [4.69, 9.17) is 14.2 Å². The van der Waals surface area contributed by atoms with Crippen LogP contribution in [0.15, 0.2) is 59.9 Å². The van der Waals surface area contributed by atoms with Gasteiger partial charge in [-0.15, -0.1) is 0 Å². The minimum absolute atomic E-state index is 0.117. The number of ether oxygens (including phenoxy) is 3. The van der Waals surface area contributed by atoms with Gasteiger partial charge in [-0.25, -0.2) is 4.79 Å². The molecule has 1 atom stereocenters. The number of aliphatic hydroxyl groups excluding tert-OH is 1. The first-order valence-electron chi connectivity index (χ1n) is 8.26. The maximum atomic E-state index is 12.3. The van der Waals surface area contributed by atoms with Crippen LogP contribution in [0.5, 0.6) is 11.5 Å². The average Bonchev–Trinajstić information content (AvgIpc) is 3.09. The summed E-state index contributed by atoms with van der Waals surface area (Å²) in [7, 11) is 0. The van der Waals surface area contributed by atoms with Gasteiger partial charge in [-0.1, -0.05) is 36.4 Å². The fourth-order valence-corrected chi connectivity index (χ4v) is 3.12. The van der Waals surface area contributed by atoms with E-state index in [0.29, 0.717) is 30.6 Å². The summed E-state index contributed by atoms with van der Waals surface area (Å²) in [6.45, 7) is 0.234. The first kappa shape index (κ1) is 15.6. The van der Waals surface area contributed by atoms with Crippen molar-refractivity contribution in [3.63, 3.8) is 0 Å². The molecule has 128 valence electrons. The highest BCUT2D eigenvalue weighted by atomic mass is 16.7. The highest BCUT2D eigenvalue weighted by Gasteiger charge is 2.29. The number of carbonyl (C=O) groups is 1. The van der Waals surface area contributed by atoms with Crippen molar-refractivity contribution in [3.8, 4) is 11.5 Å². The first-order valence-corrected chi connectivity index (χ1v) is 8.26. The monoisotopic (exact) mass is 338 g/mol. The standard InChI is InChI=1S/C20H18O5/c21-16-11-18(14-4-2-1-3-5-14)25-20(22)15(16)8-6-13-7-9-17-19(10-13)24-12-23-17/h1-5,7,9-10,18,21H,6,8,11-12H2. The number of aliphatic hydroxyl groups is 1. The molecule has 0 aliphatic carbocycles. The largest absolute Gasteiger partial charge is 0.512 e. The zero-order valence-electron chi connectivity index (χ0n) is 13.6. The van der Waals surface area contributed by atoms with Crippen molar-refractivity contribution in [2.24, 2.45) is 0 Å². The lowest BCUT2D eigenvalue weighted by Gasteiger charge is -2.24. The molecule has 0 radical (unpaired) electrons. The molecule has 4 rings (SSSR count). The van der Waals surface area contributed by atoms with Crippen LogP contribution in [0.1, 0.15) is 30.1 Å². The van der Waals surface area contributed by atoms with E-state index in [1.54, 1.807) is 0 Å². The second-order valence-electron chi connectivity index (χ2n) is 6.12. The molecule has 0 amide bonds. The van der Waals surface area contributed by atoms with Gasteiger partial charge in [-0.2, -0.15) is 0 Å². The fraction of sp³-hybridized carbons (Fsp3) is 0.250. The second-order valence-corrected chi connectivity index (χ2v) is 6.12. The summed E-state index contributed by atoms with van der Waals surface area (Å²) in [4.78, 5) is 12.3. The molecule has 0 saturated heterocycles. The number of aryl methyl sites for hydroxylation is 1. The lowest BCUT2D eigenvalue weighted by Crippen LogP contribution is -2.21. The maximum Gasteiger partial charge on any atom is 0.338 e. The van der Waals surface area contributed by atoms with Gasteiger partial charge in [0.15, 0.2) is 11.5 Å². The third-order valence-corrected chi connectivity index (χ3v) is 4.49. The van der Waals surface area contributed by atoms with E-state index in [1.807, 2.05) is 48.5 Å². The number of fused-ring (bicyclic) bond motifs is 1. The number of hydrogen-bond acceptors (Lipinski definition) is 5. The van der Waals surface area contributed by atoms with E-state index in [1.165, 1.54) is 0 Å². The van der Waals surface area contributed by atoms with E-state index >= 15 is 0 Å². The van der Waals surface area contributed by atoms with Crippen LogP contribution in [-0.2, 0) is 16.0 Å². The summed E-state index contributed by atoms with van der Waals surface area (Å²) >= 11 is 0. The van der Waals surface area contributed by atoms with Crippen LogP contribution in [0.3, 0.4) is 0 Å². The van der Waals surface area contributed by atoms with Crippen molar-refractivity contribution in [2.75, 3.05) is 6.79 Å². The Morgan fingerprint density at radius 1 is 1.00 bits per heavy atom. The summed E-state index contributed by atoms with van der Waals surface area (Å²) in [6.07, 6.45) is 0.919. The molecule has 2 heterocycles. The van der Waals surface area contributed by atoms with E-state index in [-0.39, 0.29) is 12.6 Å². The zero-order valence-corrected chi connectivity index (χ0v) is 13.6. The normalized spacial score (nSPS) is 19.0. The van der Waals surface area contributed by atoms with Crippen molar-refractivity contribution < 1.29 is 24.1 Å². The third-order valence-electron chi connectivity index (χ3n) is 4.49. The van der Waals surface area contributed by atoms with Gasteiger partial charge in [0, 0.05) is 6.42 Å². The molecule has 2 aliphatic rings. The number of cyclic esters (lactones) is 1. The Morgan fingerprint density at radius 2 is 1.80 bits per heavy atom. The van der Waals surface area contributed by atoms with E-state index in [9.17, 15) is 9.90 Å². The predicted octanol–water partition coefficient (Wildman–Crippen LogP) is 3.85. The molecular weight excluding hydrogens is 320 g/mol. The van der Waals surface area contributed by atoms with Crippen LogP contribution in [-0.4, -0.2) is 17.9 Å². The Labute approximate surface area is 145 Å². The van der Waals surface area contributed by atoms with Gasteiger partial charge < -0.3 is 19.3 Å². The molecule has 2 aromatic carbocycles. The molecule has 5 heteroatoms. The average molecular weight is 338 g/mol. The molecule has 0 saturated carbocycles. The third kappa shape index (κ3) is 3.18. The van der Waals surface area contributed by atoms with E-state index in [0.717, 1.165) is 16.9 Å². The van der Waals surface area contributed by atoms with Crippen molar-refractivity contribution in [3.05, 3.63) is 71.0 Å². The summed E-state index contributed by atoms with van der Waals surface area (Å²) in [6, 6.07) is 15.2. The molecule has 0 bridgehead atoms. The van der Waals surface area contributed by atoms with Crippen molar-refractivity contribution >= 4 is 5.97 Å². The predicted molar refractivity (Wildman–Crippen MR) is 90.4 cm³/mol. The number of esters is 1. The molecule has 1 N–H and O–H groups in total. The van der Waals surface area contributed by atoms with Gasteiger partial charge in [0.05, 0.1) is 5.57 Å². The fourth-order valence-electron chi connectivity index (χ4n) is 3.12. The minimum atomic E-state index is -0.446. The lowest BCUT2D eigenvalue weighted by molar-refractivity contribution is -0.147. The Kier molecular flexibility index (Phi) is 4.06. The van der Waals surface area contributed by atoms with Gasteiger partial charge in [-0.05, 0) is 36.1 Å². The molecule has 0 fully saturated rings. The summed E-state index contributed by atoms with van der Waals surface area (Å²) in [5, 5.41) is 10.3. The molecule has 25 heavy (non-hydrogen) atoms. The van der Waals surface area contributed by atoms with Crippen LogP contribution in [0, 0.1) is 0 Å². The van der Waals surface area contributed by atoms with Gasteiger partial charge in [0.25, 0.3) is 0 Å². The molecule has 0 aromatic heterocycles. The lowest BCUT2D eigenvalue weighted by atomic mass is 9.96. The smallest absolute Gasteiger partial charge is 0.338 e.